The van der Waals surface area contributed by atoms with Gasteiger partial charge in [0.15, 0.2) is 0 Å². The van der Waals surface area contributed by atoms with Gasteiger partial charge in [-0.25, -0.2) is 0 Å². The Morgan fingerprint density at radius 1 is 1.36 bits per heavy atom. The Morgan fingerprint density at radius 3 is 2.64 bits per heavy atom. The van der Waals surface area contributed by atoms with Crippen LogP contribution in [0.5, 0.6) is 0 Å². The molecule has 14 heavy (non-hydrogen) atoms. The van der Waals surface area contributed by atoms with Crippen LogP contribution in [-0.4, -0.2) is 30.1 Å². The van der Waals surface area contributed by atoms with Crippen molar-refractivity contribution < 1.29 is 0 Å². The summed E-state index contributed by atoms with van der Waals surface area (Å²) in [6.07, 6.45) is 5.15. The van der Waals surface area contributed by atoms with E-state index in [1.807, 2.05) is 0 Å². The molecule has 0 aromatic heterocycles. The summed E-state index contributed by atoms with van der Waals surface area (Å²) in [6.45, 7) is 9.27. The van der Waals surface area contributed by atoms with E-state index in [-0.39, 0.29) is 0 Å². The molecule has 0 bridgehead atoms. The van der Waals surface area contributed by atoms with Gasteiger partial charge in [0, 0.05) is 18.6 Å². The normalized spacial score (nSPS) is 26.8. The molecule has 1 saturated heterocycles. The molecule has 2 atom stereocenters. The number of rotatable bonds is 4. The fourth-order valence-corrected chi connectivity index (χ4v) is 2.47. The summed E-state index contributed by atoms with van der Waals surface area (Å²) in [5, 5.41) is 0. The highest BCUT2D eigenvalue weighted by atomic mass is 15.2. The quantitative estimate of drug-likeness (QED) is 0.750. The van der Waals surface area contributed by atoms with Crippen molar-refractivity contribution in [2.45, 2.75) is 58.5 Å². The molecular weight excluding hydrogens is 172 g/mol. The van der Waals surface area contributed by atoms with Crippen LogP contribution in [0.3, 0.4) is 0 Å². The van der Waals surface area contributed by atoms with E-state index < -0.39 is 0 Å². The van der Waals surface area contributed by atoms with Crippen LogP contribution in [-0.2, 0) is 0 Å². The van der Waals surface area contributed by atoms with Gasteiger partial charge in [0.2, 0.25) is 0 Å². The molecule has 0 aromatic rings. The van der Waals surface area contributed by atoms with Gasteiger partial charge in [0.05, 0.1) is 0 Å². The maximum atomic E-state index is 6.17. The topological polar surface area (TPSA) is 29.3 Å². The number of nitrogens with zero attached hydrogens (tertiary/aromatic N) is 1. The summed E-state index contributed by atoms with van der Waals surface area (Å²) in [6, 6.07) is 1.03. The Bertz CT molecular complexity index is 156. The number of hydrogen-bond acceptors (Lipinski definition) is 2. The molecular formula is C12H26N2. The lowest BCUT2D eigenvalue weighted by molar-refractivity contribution is 0.111. The zero-order valence-corrected chi connectivity index (χ0v) is 10.00. The largest absolute Gasteiger partial charge is 0.326 e. The van der Waals surface area contributed by atoms with Gasteiger partial charge in [-0.1, -0.05) is 27.2 Å². The minimum atomic E-state index is 0.383. The van der Waals surface area contributed by atoms with E-state index in [4.69, 9.17) is 5.73 Å². The van der Waals surface area contributed by atoms with Gasteiger partial charge in [-0.15, -0.1) is 0 Å². The molecule has 2 N–H and O–H groups in total. The van der Waals surface area contributed by atoms with Crippen LogP contribution in [0.4, 0.5) is 0 Å². The Kier molecular flexibility index (Phi) is 4.90. The predicted octanol–water partition coefficient (Wildman–Crippen LogP) is 2.23. The molecule has 0 aromatic carbocycles. The lowest BCUT2D eigenvalue weighted by Gasteiger charge is -2.39. The Balaban J connectivity index is 2.49. The molecule has 2 nitrogen and oxygen atoms in total. The highest BCUT2D eigenvalue weighted by Gasteiger charge is 2.26. The first-order valence-electron chi connectivity index (χ1n) is 6.14. The Hall–Kier alpha value is -0.0800. The molecule has 84 valence electrons. The van der Waals surface area contributed by atoms with Crippen LogP contribution in [0.2, 0.25) is 0 Å². The molecule has 1 rings (SSSR count). The predicted molar refractivity (Wildman–Crippen MR) is 62.3 cm³/mol. The van der Waals surface area contributed by atoms with Gasteiger partial charge in [-0.2, -0.15) is 0 Å². The molecule has 2 heteroatoms. The monoisotopic (exact) mass is 198 g/mol. The van der Waals surface area contributed by atoms with Crippen LogP contribution in [0.15, 0.2) is 0 Å². The maximum Gasteiger partial charge on any atom is 0.0247 e. The van der Waals surface area contributed by atoms with Crippen LogP contribution >= 0.6 is 0 Å². The van der Waals surface area contributed by atoms with Gasteiger partial charge < -0.3 is 5.73 Å². The summed E-state index contributed by atoms with van der Waals surface area (Å²) in [4.78, 5) is 2.61. The first kappa shape index (κ1) is 12.0. The van der Waals surface area contributed by atoms with Crippen LogP contribution in [0, 0.1) is 5.92 Å². The van der Waals surface area contributed by atoms with Crippen molar-refractivity contribution in [3.8, 4) is 0 Å². The van der Waals surface area contributed by atoms with Crippen molar-refractivity contribution >= 4 is 0 Å². The summed E-state index contributed by atoms with van der Waals surface area (Å²) in [5.74, 6) is 0.764. The SMILES string of the molecule is CCC(N)C1CCCCN1CC(C)C. The van der Waals surface area contributed by atoms with Crippen molar-refractivity contribution in [2.24, 2.45) is 11.7 Å². The van der Waals surface area contributed by atoms with Gasteiger partial charge >= 0.3 is 0 Å². The minimum Gasteiger partial charge on any atom is -0.326 e. The minimum absolute atomic E-state index is 0.383. The van der Waals surface area contributed by atoms with E-state index in [0.717, 1.165) is 12.3 Å². The van der Waals surface area contributed by atoms with E-state index >= 15 is 0 Å². The third-order valence-electron chi connectivity index (χ3n) is 3.23. The summed E-state index contributed by atoms with van der Waals surface area (Å²) in [5.41, 5.74) is 6.17. The van der Waals surface area contributed by atoms with Gasteiger partial charge in [0.25, 0.3) is 0 Å². The van der Waals surface area contributed by atoms with Gasteiger partial charge in [-0.05, 0) is 31.7 Å². The molecule has 0 amide bonds. The van der Waals surface area contributed by atoms with Crippen LogP contribution in [0.25, 0.3) is 0 Å². The van der Waals surface area contributed by atoms with E-state index in [0.29, 0.717) is 12.1 Å². The van der Waals surface area contributed by atoms with Crippen molar-refractivity contribution in [1.29, 1.82) is 0 Å². The highest BCUT2D eigenvalue weighted by molar-refractivity contribution is 4.85. The average Bonchev–Trinajstić information content (AvgIpc) is 2.16. The Morgan fingerprint density at radius 2 is 2.07 bits per heavy atom. The molecule has 1 aliphatic rings. The second-order valence-corrected chi connectivity index (χ2v) is 5.02. The fourth-order valence-electron chi connectivity index (χ4n) is 2.47. The highest BCUT2D eigenvalue weighted by Crippen LogP contribution is 2.21. The number of nitrogens with two attached hydrogens (primary N) is 1. The van der Waals surface area contributed by atoms with Gasteiger partial charge in [-0.3, -0.25) is 4.90 Å². The first-order chi connectivity index (χ1) is 6.65. The van der Waals surface area contributed by atoms with Crippen LogP contribution in [0.1, 0.15) is 46.5 Å². The van der Waals surface area contributed by atoms with Crippen molar-refractivity contribution in [3.05, 3.63) is 0 Å². The van der Waals surface area contributed by atoms with Gasteiger partial charge in [0.1, 0.15) is 0 Å². The summed E-state index contributed by atoms with van der Waals surface area (Å²) < 4.78 is 0. The molecule has 1 fully saturated rings. The summed E-state index contributed by atoms with van der Waals surface area (Å²) >= 11 is 0. The Labute approximate surface area is 88.8 Å². The molecule has 0 radical (unpaired) electrons. The molecule has 0 saturated carbocycles. The second-order valence-electron chi connectivity index (χ2n) is 5.02. The third-order valence-corrected chi connectivity index (χ3v) is 3.23. The summed E-state index contributed by atoms with van der Waals surface area (Å²) in [7, 11) is 0. The van der Waals surface area contributed by atoms with Crippen molar-refractivity contribution in [1.82, 2.24) is 4.90 Å². The zero-order valence-electron chi connectivity index (χ0n) is 10.00. The molecule has 0 spiro atoms. The molecule has 1 heterocycles. The zero-order chi connectivity index (χ0) is 10.6. The van der Waals surface area contributed by atoms with E-state index in [1.54, 1.807) is 0 Å². The van der Waals surface area contributed by atoms with E-state index in [2.05, 4.69) is 25.7 Å². The number of piperidine rings is 1. The lowest BCUT2D eigenvalue weighted by atomic mass is 9.93. The molecule has 2 unspecified atom stereocenters. The molecule has 0 aliphatic carbocycles. The fraction of sp³-hybridized carbons (Fsp3) is 1.00. The third kappa shape index (κ3) is 3.25. The van der Waals surface area contributed by atoms with Crippen molar-refractivity contribution in [3.63, 3.8) is 0 Å². The van der Waals surface area contributed by atoms with Crippen LogP contribution < -0.4 is 5.73 Å². The molecule has 1 aliphatic heterocycles. The standard InChI is InChI=1S/C12H26N2/c1-4-11(13)12-7-5-6-8-14(12)9-10(2)3/h10-12H,4-9,13H2,1-3H3. The lowest BCUT2D eigenvalue weighted by Crippen LogP contribution is -2.51. The maximum absolute atomic E-state index is 6.17. The number of hydrogen-bond donors (Lipinski definition) is 1. The first-order valence-corrected chi connectivity index (χ1v) is 6.14. The smallest absolute Gasteiger partial charge is 0.0247 e. The number of likely N-dealkylation sites (tertiary alicyclic amines) is 1. The van der Waals surface area contributed by atoms with E-state index in [1.165, 1.54) is 32.4 Å². The second kappa shape index (κ2) is 5.72. The van der Waals surface area contributed by atoms with Crippen molar-refractivity contribution in [2.75, 3.05) is 13.1 Å². The van der Waals surface area contributed by atoms with E-state index in [9.17, 15) is 0 Å². The average molecular weight is 198 g/mol.